The molecule has 3 saturated heterocycles. The fourth-order valence-corrected chi connectivity index (χ4v) is 3.55. The van der Waals surface area contributed by atoms with E-state index in [1.54, 1.807) is 20.8 Å². The van der Waals surface area contributed by atoms with Crippen LogP contribution in [0.1, 0.15) is 34.1 Å². The highest BCUT2D eigenvalue weighted by molar-refractivity contribution is 5.89. The molecule has 0 radical (unpaired) electrons. The average Bonchev–Trinajstić information content (AvgIpc) is 3.67. The van der Waals surface area contributed by atoms with Crippen molar-refractivity contribution in [3.05, 3.63) is 37.5 Å². The second kappa shape index (κ2) is 20.6. The Morgan fingerprint density at radius 1 is 0.694 bits per heavy atom. The van der Waals surface area contributed by atoms with Crippen molar-refractivity contribution >= 4 is 53.7 Å². The summed E-state index contributed by atoms with van der Waals surface area (Å²) >= 11 is 0. The smallest absolute Gasteiger partial charge is 0.347 e. The molecule has 3 heterocycles. The molecule has 0 N–H and O–H groups in total. The summed E-state index contributed by atoms with van der Waals surface area (Å²) in [5.74, 6) is -6.58. The fraction of sp³-hybridized carbons (Fsp3) is 0.516. The highest BCUT2D eigenvalue weighted by Crippen LogP contribution is 2.19. The van der Waals surface area contributed by atoms with Crippen LogP contribution in [0.3, 0.4) is 0 Å². The van der Waals surface area contributed by atoms with Crippen LogP contribution in [0.25, 0.3) is 0 Å². The molecule has 3 aliphatic heterocycles. The molecule has 0 aromatic rings. The van der Waals surface area contributed by atoms with Crippen molar-refractivity contribution in [1.82, 2.24) is 0 Å². The van der Waals surface area contributed by atoms with E-state index in [0.717, 1.165) is 12.2 Å². The molecule has 0 bridgehead atoms. The summed E-state index contributed by atoms with van der Waals surface area (Å²) in [7, 11) is 0. The third-order valence-electron chi connectivity index (χ3n) is 6.06. The van der Waals surface area contributed by atoms with Crippen LogP contribution in [0.15, 0.2) is 37.5 Å². The van der Waals surface area contributed by atoms with Gasteiger partial charge in [0.25, 0.3) is 0 Å². The summed E-state index contributed by atoms with van der Waals surface area (Å²) in [5, 5.41) is 0. The minimum atomic E-state index is -0.911. The van der Waals surface area contributed by atoms with Gasteiger partial charge in [-0.1, -0.05) is 33.6 Å². The molecular weight excluding hydrogens is 660 g/mol. The minimum Gasteiger partial charge on any atom is -0.462 e. The highest BCUT2D eigenvalue weighted by atomic mass is 16.6. The van der Waals surface area contributed by atoms with Gasteiger partial charge < -0.3 is 42.6 Å². The van der Waals surface area contributed by atoms with E-state index in [2.05, 4.69) is 38.7 Å². The van der Waals surface area contributed by atoms with Gasteiger partial charge in [-0.2, -0.15) is 0 Å². The summed E-state index contributed by atoms with van der Waals surface area (Å²) in [4.78, 5) is 99.2. The highest BCUT2D eigenvalue weighted by Gasteiger charge is 2.38. The lowest BCUT2D eigenvalue weighted by Gasteiger charge is -2.12. The molecular formula is C31H38O18. The van der Waals surface area contributed by atoms with E-state index in [1.807, 2.05) is 0 Å². The van der Waals surface area contributed by atoms with Crippen molar-refractivity contribution in [2.45, 2.75) is 58.5 Å². The molecule has 0 spiro atoms. The first-order chi connectivity index (χ1) is 23.0. The molecule has 0 aromatic carbocycles. The van der Waals surface area contributed by atoms with Crippen LogP contribution in [0.5, 0.6) is 0 Å². The van der Waals surface area contributed by atoms with E-state index < -0.39 is 91.9 Å². The van der Waals surface area contributed by atoms with Gasteiger partial charge in [0.15, 0.2) is 19.8 Å². The Morgan fingerprint density at radius 3 is 1.43 bits per heavy atom. The molecule has 6 unspecified atom stereocenters. The molecule has 18 nitrogen and oxygen atoms in total. The lowest BCUT2D eigenvalue weighted by Crippen LogP contribution is -2.30. The van der Waals surface area contributed by atoms with Gasteiger partial charge in [0.2, 0.25) is 18.3 Å². The van der Waals surface area contributed by atoms with Gasteiger partial charge in [0, 0.05) is 36.0 Å². The zero-order chi connectivity index (χ0) is 37.3. The van der Waals surface area contributed by atoms with Gasteiger partial charge >= 0.3 is 53.7 Å². The van der Waals surface area contributed by atoms with E-state index >= 15 is 0 Å². The average molecular weight is 699 g/mol. The Bertz CT molecular complexity index is 1310. The van der Waals surface area contributed by atoms with Crippen LogP contribution in [-0.4, -0.2) is 111 Å². The SMILES string of the molecule is C=C(C)C(=O)OCC(=O)OC1C(=O)OCC1C.C=CC(=O)OCC(=O)OC1C(=O)OCC1C.C=CC(=O)OCC(=O)OC1CC(C)OC1=O. The number of carbonyl (C=O) groups is 9. The molecule has 3 aliphatic rings. The zero-order valence-corrected chi connectivity index (χ0v) is 27.3. The van der Waals surface area contributed by atoms with Gasteiger partial charge in [-0.05, 0) is 13.8 Å². The van der Waals surface area contributed by atoms with E-state index in [-0.39, 0.29) is 36.7 Å². The molecule has 3 fully saturated rings. The molecule has 0 saturated carbocycles. The summed E-state index contributed by atoms with van der Waals surface area (Å²) in [5.41, 5.74) is 0.187. The van der Waals surface area contributed by atoms with Gasteiger partial charge in [-0.15, -0.1) is 0 Å². The van der Waals surface area contributed by atoms with Crippen LogP contribution in [0.2, 0.25) is 0 Å². The Kier molecular flexibility index (Phi) is 17.5. The van der Waals surface area contributed by atoms with Crippen LogP contribution < -0.4 is 0 Å². The predicted octanol–water partition coefficient (Wildman–Crippen LogP) is -0.00650. The van der Waals surface area contributed by atoms with Gasteiger partial charge in [0.1, 0.15) is 6.10 Å². The van der Waals surface area contributed by atoms with E-state index in [0.29, 0.717) is 6.42 Å². The number of rotatable bonds is 12. The molecule has 49 heavy (non-hydrogen) atoms. The normalized spacial score (nSPS) is 23.2. The van der Waals surface area contributed by atoms with Crippen molar-refractivity contribution in [2.75, 3.05) is 33.0 Å². The first kappa shape index (κ1) is 41.5. The van der Waals surface area contributed by atoms with Crippen LogP contribution in [0.4, 0.5) is 0 Å². The number of esters is 9. The minimum absolute atomic E-state index is 0.187. The second-order valence-corrected chi connectivity index (χ2v) is 10.5. The second-order valence-electron chi connectivity index (χ2n) is 10.5. The maximum absolute atomic E-state index is 11.3. The van der Waals surface area contributed by atoms with Gasteiger partial charge in [-0.25, -0.2) is 43.2 Å². The third-order valence-corrected chi connectivity index (χ3v) is 6.06. The third kappa shape index (κ3) is 15.3. The maximum atomic E-state index is 11.3. The standard InChI is InChI=1S/C11H14O6.2C10H12O6/c1-6(2)10(13)16-5-8(12)17-9-7(3)4-15-11(9)14;1-3-8(11)14-5-9(12)16-7-4-6(2)15-10(7)13;1-3-7(11)14-5-8(12)16-9-6(2)4-15-10(9)13/h7,9H,1,4-5H2,2-3H3;3,6-7H,1,4-5H2,2H3;3,6,9H,1,4-5H2,2H3. The van der Waals surface area contributed by atoms with Crippen molar-refractivity contribution in [1.29, 1.82) is 0 Å². The summed E-state index contributed by atoms with van der Waals surface area (Å²) in [6, 6.07) is 0. The molecule has 270 valence electrons. The van der Waals surface area contributed by atoms with Crippen molar-refractivity contribution in [3.8, 4) is 0 Å². The molecule has 6 atom stereocenters. The quantitative estimate of drug-likeness (QED) is 0.148. The first-order valence-electron chi connectivity index (χ1n) is 14.5. The summed E-state index contributed by atoms with van der Waals surface area (Å²) in [6.45, 7) is 15.1. The number of cyclic esters (lactones) is 3. The molecule has 0 amide bonds. The van der Waals surface area contributed by atoms with E-state index in [1.165, 1.54) is 6.92 Å². The summed E-state index contributed by atoms with van der Waals surface area (Å²) in [6.07, 6.45) is -0.800. The fourth-order valence-electron chi connectivity index (χ4n) is 3.55. The van der Waals surface area contributed by atoms with Crippen LogP contribution in [-0.2, 0) is 85.8 Å². The maximum Gasteiger partial charge on any atom is 0.347 e. The number of ether oxygens (including phenoxy) is 9. The van der Waals surface area contributed by atoms with Crippen LogP contribution in [0, 0.1) is 11.8 Å². The number of hydrogen-bond acceptors (Lipinski definition) is 18. The molecule has 18 heteroatoms. The number of hydrogen-bond donors (Lipinski definition) is 0. The molecule has 0 aromatic heterocycles. The van der Waals surface area contributed by atoms with Gasteiger partial charge in [0.05, 0.1) is 13.2 Å². The molecule has 0 aliphatic carbocycles. The van der Waals surface area contributed by atoms with E-state index in [4.69, 9.17) is 23.7 Å². The van der Waals surface area contributed by atoms with Crippen molar-refractivity contribution in [3.63, 3.8) is 0 Å². The Balaban J connectivity index is 0.000000368. The Labute approximate surface area is 280 Å². The van der Waals surface area contributed by atoms with Gasteiger partial charge in [-0.3, -0.25) is 0 Å². The summed E-state index contributed by atoms with van der Waals surface area (Å²) < 4.78 is 42.1. The monoisotopic (exact) mass is 698 g/mol. The number of carbonyl (C=O) groups excluding carboxylic acids is 9. The topological polar surface area (TPSA) is 237 Å². The first-order valence-corrected chi connectivity index (χ1v) is 14.5. The largest absolute Gasteiger partial charge is 0.462 e. The predicted molar refractivity (Wildman–Crippen MR) is 158 cm³/mol. The lowest BCUT2D eigenvalue weighted by atomic mass is 10.1. The zero-order valence-electron chi connectivity index (χ0n) is 27.3. The van der Waals surface area contributed by atoms with Crippen LogP contribution >= 0.6 is 0 Å². The lowest BCUT2D eigenvalue weighted by molar-refractivity contribution is -0.167. The Hall–Kier alpha value is -5.55. The van der Waals surface area contributed by atoms with E-state index in [9.17, 15) is 43.2 Å². The van der Waals surface area contributed by atoms with Crippen molar-refractivity contribution < 1.29 is 85.8 Å². The molecule has 3 rings (SSSR count). The van der Waals surface area contributed by atoms with Crippen molar-refractivity contribution in [2.24, 2.45) is 11.8 Å². The Morgan fingerprint density at radius 2 is 1.10 bits per heavy atom.